The van der Waals surface area contributed by atoms with E-state index in [4.69, 9.17) is 9.84 Å². The van der Waals surface area contributed by atoms with Gasteiger partial charge in [0.05, 0.1) is 12.2 Å². The number of ether oxygens (including phenoxy) is 1. The number of methoxy groups -OCH3 is 1. The van der Waals surface area contributed by atoms with Gasteiger partial charge in [-0.2, -0.15) is 0 Å². The molecule has 2 fully saturated rings. The van der Waals surface area contributed by atoms with Crippen molar-refractivity contribution in [2.24, 2.45) is 0 Å². The summed E-state index contributed by atoms with van der Waals surface area (Å²) < 4.78 is 5.19. The summed E-state index contributed by atoms with van der Waals surface area (Å²) in [6.45, 7) is 4.00. The van der Waals surface area contributed by atoms with Crippen molar-refractivity contribution < 1.29 is 75.3 Å². The van der Waals surface area contributed by atoms with Gasteiger partial charge in [-0.15, -0.1) is 0 Å². The van der Waals surface area contributed by atoms with E-state index in [9.17, 15) is 0 Å². The van der Waals surface area contributed by atoms with E-state index in [-0.39, 0.29) is 86.4 Å². The van der Waals surface area contributed by atoms with Crippen molar-refractivity contribution in [3.05, 3.63) is 14.9 Å². The number of hydrogen-bond donors (Lipinski definition) is 1. The molecule has 126 valence electrons. The third-order valence-corrected chi connectivity index (χ3v) is 3.46. The van der Waals surface area contributed by atoms with Crippen molar-refractivity contribution in [1.82, 2.24) is 0 Å². The second-order valence-electron chi connectivity index (χ2n) is 4.79. The maximum Gasteiger partial charge on any atom is 0.0571 e. The quantitative estimate of drug-likeness (QED) is 0.555. The minimum atomic E-state index is 0. The zero-order valence-corrected chi connectivity index (χ0v) is 20.9. The average molecular weight is 452 g/mol. The molecular weight excluding hydrogens is 414 g/mol. The van der Waals surface area contributed by atoms with Gasteiger partial charge >= 0.3 is 0 Å². The number of aliphatic hydroxyl groups excluding tert-OH is 1. The summed E-state index contributed by atoms with van der Waals surface area (Å²) in [5.41, 5.74) is 0. The Kier molecular flexibility index (Phi) is 44.3. The van der Waals surface area contributed by atoms with Crippen LogP contribution in [0.3, 0.4) is 0 Å². The van der Waals surface area contributed by atoms with E-state index in [1.54, 1.807) is 0 Å². The Morgan fingerprint density at radius 1 is 0.714 bits per heavy atom. The van der Waals surface area contributed by atoms with Crippen molar-refractivity contribution in [2.75, 3.05) is 7.11 Å². The Balaban J connectivity index is -0.0000000623. The van der Waals surface area contributed by atoms with Crippen molar-refractivity contribution >= 4 is 0 Å². The topological polar surface area (TPSA) is 29.5 Å². The third-order valence-electron chi connectivity index (χ3n) is 3.46. The Morgan fingerprint density at radius 2 is 1.05 bits per heavy atom. The van der Waals surface area contributed by atoms with Crippen molar-refractivity contribution in [3.8, 4) is 0 Å². The molecule has 0 amide bonds. The summed E-state index contributed by atoms with van der Waals surface area (Å²) in [4.78, 5) is 0. The molecule has 2 aliphatic carbocycles. The SMILES string of the molecule is CC.COC1CCCCC1.OC1CCCCC1.[CH3-].[CH3-].[Y].[Y]. The molecule has 0 aliphatic heterocycles. The maximum absolute atomic E-state index is 8.91. The van der Waals surface area contributed by atoms with Crippen LogP contribution in [0.4, 0.5) is 0 Å². The second kappa shape index (κ2) is 27.0. The maximum atomic E-state index is 8.91. The van der Waals surface area contributed by atoms with Crippen LogP contribution in [0.1, 0.15) is 78.1 Å². The predicted molar refractivity (Wildman–Crippen MR) is 87.1 cm³/mol. The zero-order chi connectivity index (χ0) is 12.9. The van der Waals surface area contributed by atoms with Crippen molar-refractivity contribution in [3.63, 3.8) is 0 Å². The summed E-state index contributed by atoms with van der Waals surface area (Å²) in [6.07, 6.45) is 13.3. The van der Waals surface area contributed by atoms with E-state index in [0.717, 1.165) is 12.8 Å². The molecule has 0 aromatic heterocycles. The number of aliphatic hydroxyl groups is 1. The van der Waals surface area contributed by atoms with E-state index in [0.29, 0.717) is 6.10 Å². The van der Waals surface area contributed by atoms with Gasteiger partial charge in [-0.05, 0) is 25.7 Å². The fourth-order valence-electron chi connectivity index (χ4n) is 2.38. The monoisotopic (exact) mass is 452 g/mol. The standard InChI is InChI=1S/C7H14O.C6H12O.C2H6.2CH3.2Y/c1-8-7-5-3-2-4-6-7;7-6-4-2-1-3-5-6;1-2;;;;/h7H,2-6H2,1H3;6-7H,1-5H2;1-2H3;2*1H3;;/q;;;2*-1;;. The van der Waals surface area contributed by atoms with Crippen LogP contribution in [-0.2, 0) is 70.2 Å². The molecule has 4 heteroatoms. The minimum Gasteiger partial charge on any atom is -0.393 e. The van der Waals surface area contributed by atoms with E-state index < -0.39 is 0 Å². The van der Waals surface area contributed by atoms with Crippen LogP contribution in [0.5, 0.6) is 0 Å². The van der Waals surface area contributed by atoms with Gasteiger partial charge in [-0.25, -0.2) is 0 Å². The van der Waals surface area contributed by atoms with Gasteiger partial charge < -0.3 is 24.7 Å². The van der Waals surface area contributed by atoms with Gasteiger partial charge in [-0.1, -0.05) is 52.4 Å². The van der Waals surface area contributed by atoms with E-state index in [1.165, 1.54) is 51.4 Å². The molecule has 0 atom stereocenters. The first-order chi connectivity index (χ1) is 8.33. The molecular formula is C17H38O2Y2-2. The Hall–Kier alpha value is 2.13. The molecule has 0 aromatic carbocycles. The van der Waals surface area contributed by atoms with Gasteiger partial charge in [0.15, 0.2) is 0 Å². The molecule has 2 saturated carbocycles. The van der Waals surface area contributed by atoms with Crippen molar-refractivity contribution in [2.45, 2.75) is 90.3 Å². The zero-order valence-electron chi connectivity index (χ0n) is 15.2. The largest absolute Gasteiger partial charge is 0.393 e. The molecule has 1 N–H and O–H groups in total. The van der Waals surface area contributed by atoms with Gasteiger partial charge in [-0.3, -0.25) is 0 Å². The molecule has 0 bridgehead atoms. The summed E-state index contributed by atoms with van der Waals surface area (Å²) in [5, 5.41) is 8.91. The summed E-state index contributed by atoms with van der Waals surface area (Å²) in [7, 11) is 1.82. The molecule has 2 rings (SSSR count). The second-order valence-corrected chi connectivity index (χ2v) is 4.79. The fourth-order valence-corrected chi connectivity index (χ4v) is 2.38. The van der Waals surface area contributed by atoms with E-state index in [2.05, 4.69) is 0 Å². The van der Waals surface area contributed by atoms with Crippen LogP contribution >= 0.6 is 0 Å². The third kappa shape index (κ3) is 22.1. The number of rotatable bonds is 1. The Morgan fingerprint density at radius 3 is 1.24 bits per heavy atom. The van der Waals surface area contributed by atoms with Crippen LogP contribution in [0, 0.1) is 14.9 Å². The van der Waals surface area contributed by atoms with Gasteiger partial charge in [0.1, 0.15) is 0 Å². The average Bonchev–Trinajstić information content (AvgIpc) is 2.43. The molecule has 0 heterocycles. The van der Waals surface area contributed by atoms with Crippen molar-refractivity contribution in [1.29, 1.82) is 0 Å². The number of hydrogen-bond acceptors (Lipinski definition) is 2. The van der Waals surface area contributed by atoms with Crippen LogP contribution in [-0.4, -0.2) is 24.4 Å². The summed E-state index contributed by atoms with van der Waals surface area (Å²) in [6, 6.07) is 0. The summed E-state index contributed by atoms with van der Waals surface area (Å²) >= 11 is 0. The van der Waals surface area contributed by atoms with Gasteiger partial charge in [0.2, 0.25) is 0 Å². The summed E-state index contributed by atoms with van der Waals surface area (Å²) in [5.74, 6) is 0. The first-order valence-electron chi connectivity index (χ1n) is 7.54. The smallest absolute Gasteiger partial charge is 0.0571 e. The Labute approximate surface area is 185 Å². The molecule has 0 spiro atoms. The molecule has 2 aliphatic rings. The molecule has 2 radical (unpaired) electrons. The molecule has 21 heavy (non-hydrogen) atoms. The van der Waals surface area contributed by atoms with Crippen LogP contribution < -0.4 is 0 Å². The Bertz CT molecular complexity index is 146. The minimum absolute atomic E-state index is 0. The normalized spacial score (nSPS) is 17.7. The molecule has 0 unspecified atom stereocenters. The van der Waals surface area contributed by atoms with E-state index >= 15 is 0 Å². The fraction of sp³-hybridized carbons (Fsp3) is 0.882. The molecule has 0 saturated heterocycles. The molecule has 0 aromatic rings. The first-order valence-corrected chi connectivity index (χ1v) is 7.54. The van der Waals surface area contributed by atoms with Gasteiger partial charge in [0, 0.05) is 72.5 Å². The van der Waals surface area contributed by atoms with Crippen LogP contribution in [0.15, 0.2) is 0 Å². The van der Waals surface area contributed by atoms with Crippen LogP contribution in [0.25, 0.3) is 0 Å². The van der Waals surface area contributed by atoms with E-state index in [1.807, 2.05) is 21.0 Å². The van der Waals surface area contributed by atoms with Gasteiger partial charge in [0.25, 0.3) is 0 Å². The first kappa shape index (κ1) is 34.5. The molecule has 2 nitrogen and oxygen atoms in total. The predicted octanol–water partition coefficient (Wildman–Crippen LogP) is 5.20. The van der Waals surface area contributed by atoms with Crippen LogP contribution in [0.2, 0.25) is 0 Å².